The molecule has 1 aromatic heterocycles. The molecule has 1 rings (SSSR count). The van der Waals surface area contributed by atoms with Crippen LogP contribution >= 0.6 is 0 Å². The molecule has 0 radical (unpaired) electrons. The van der Waals surface area contributed by atoms with Crippen molar-refractivity contribution in [3.63, 3.8) is 0 Å². The van der Waals surface area contributed by atoms with E-state index in [0.29, 0.717) is 6.42 Å². The predicted molar refractivity (Wildman–Crippen MR) is 51.8 cm³/mol. The Morgan fingerprint density at radius 2 is 2.15 bits per heavy atom. The van der Waals surface area contributed by atoms with Gasteiger partial charge in [0.2, 0.25) is 0 Å². The maximum absolute atomic E-state index is 11.0. The average Bonchev–Trinajstić information content (AvgIpc) is 2.32. The van der Waals surface area contributed by atoms with E-state index in [2.05, 4.69) is 0 Å². The largest absolute Gasteiger partial charge is 0.468 e. The highest BCUT2D eigenvalue weighted by atomic mass is 16.3. The van der Waals surface area contributed by atoms with Crippen molar-refractivity contribution in [2.45, 2.75) is 39.5 Å². The van der Waals surface area contributed by atoms with Crippen LogP contribution in [-0.2, 0) is 10.2 Å². The highest BCUT2D eigenvalue weighted by Gasteiger charge is 2.27. The van der Waals surface area contributed by atoms with E-state index in [4.69, 9.17) is 4.42 Å². The van der Waals surface area contributed by atoms with Gasteiger partial charge in [0, 0.05) is 11.8 Å². The molecule has 2 nitrogen and oxygen atoms in total. The quantitative estimate of drug-likeness (QED) is 0.716. The summed E-state index contributed by atoms with van der Waals surface area (Å²) in [6, 6.07) is 1.93. The lowest BCUT2D eigenvalue weighted by molar-refractivity contribution is -0.118. The Morgan fingerprint density at radius 1 is 1.54 bits per heavy atom. The molecule has 0 spiro atoms. The lowest BCUT2D eigenvalue weighted by Gasteiger charge is -2.21. The van der Waals surface area contributed by atoms with Gasteiger partial charge >= 0.3 is 0 Å². The van der Waals surface area contributed by atoms with Crippen LogP contribution in [0.3, 0.4) is 0 Å². The molecular weight excluding hydrogens is 164 g/mol. The van der Waals surface area contributed by atoms with E-state index in [1.54, 1.807) is 13.2 Å². The van der Waals surface area contributed by atoms with Gasteiger partial charge in [0.05, 0.1) is 6.26 Å². The van der Waals surface area contributed by atoms with Crippen LogP contribution in [-0.4, -0.2) is 5.78 Å². The third-order valence-electron chi connectivity index (χ3n) is 2.17. The SMILES string of the molecule is CC(=O)CC(C)(C)c1occc1C. The van der Waals surface area contributed by atoms with Crippen molar-refractivity contribution >= 4 is 5.78 Å². The van der Waals surface area contributed by atoms with Gasteiger partial charge in [-0.1, -0.05) is 13.8 Å². The zero-order valence-corrected chi connectivity index (χ0v) is 8.68. The fraction of sp³-hybridized carbons (Fsp3) is 0.545. The van der Waals surface area contributed by atoms with Crippen LogP contribution in [0.4, 0.5) is 0 Å². The van der Waals surface area contributed by atoms with E-state index in [1.165, 1.54) is 0 Å². The molecule has 0 unspecified atom stereocenters. The Kier molecular flexibility index (Phi) is 2.60. The first-order valence-electron chi connectivity index (χ1n) is 4.47. The van der Waals surface area contributed by atoms with Gasteiger partial charge in [-0.15, -0.1) is 0 Å². The van der Waals surface area contributed by atoms with Crippen molar-refractivity contribution in [1.29, 1.82) is 0 Å². The van der Waals surface area contributed by atoms with Gasteiger partial charge in [-0.05, 0) is 25.5 Å². The zero-order chi connectivity index (χ0) is 10.1. The fourth-order valence-corrected chi connectivity index (χ4v) is 1.77. The molecule has 13 heavy (non-hydrogen) atoms. The molecular formula is C11H16O2. The van der Waals surface area contributed by atoms with Crippen LogP contribution in [0.25, 0.3) is 0 Å². The summed E-state index contributed by atoms with van der Waals surface area (Å²) >= 11 is 0. The molecule has 0 saturated carbocycles. The minimum atomic E-state index is -0.181. The first-order chi connectivity index (χ1) is 5.93. The predicted octanol–water partition coefficient (Wildman–Crippen LogP) is 2.84. The summed E-state index contributed by atoms with van der Waals surface area (Å²) in [6.07, 6.45) is 2.20. The molecule has 0 fully saturated rings. The van der Waals surface area contributed by atoms with Crippen molar-refractivity contribution in [2.75, 3.05) is 0 Å². The average molecular weight is 180 g/mol. The summed E-state index contributed by atoms with van der Waals surface area (Å²) in [4.78, 5) is 11.0. The van der Waals surface area contributed by atoms with Crippen molar-refractivity contribution < 1.29 is 9.21 Å². The minimum Gasteiger partial charge on any atom is -0.468 e. The number of aryl methyl sites for hydroxylation is 1. The number of Topliss-reactive ketones (excluding diaryl/α,β-unsaturated/α-hetero) is 1. The van der Waals surface area contributed by atoms with Gasteiger partial charge in [0.25, 0.3) is 0 Å². The van der Waals surface area contributed by atoms with E-state index in [9.17, 15) is 4.79 Å². The van der Waals surface area contributed by atoms with Gasteiger partial charge in [0.15, 0.2) is 0 Å². The second-order valence-corrected chi connectivity index (χ2v) is 4.20. The second-order valence-electron chi connectivity index (χ2n) is 4.20. The summed E-state index contributed by atoms with van der Waals surface area (Å²) in [5.74, 6) is 1.11. The molecule has 0 aliphatic carbocycles. The van der Waals surface area contributed by atoms with Crippen LogP contribution in [0.1, 0.15) is 38.5 Å². The maximum atomic E-state index is 11.0. The summed E-state index contributed by atoms with van der Waals surface area (Å²) < 4.78 is 5.38. The van der Waals surface area contributed by atoms with Crippen molar-refractivity contribution in [2.24, 2.45) is 0 Å². The molecule has 0 bridgehead atoms. The lowest BCUT2D eigenvalue weighted by atomic mass is 9.83. The highest BCUT2D eigenvalue weighted by Crippen LogP contribution is 2.30. The molecule has 2 heteroatoms. The molecule has 0 aromatic carbocycles. The standard InChI is InChI=1S/C11H16O2/c1-8-5-6-13-10(8)11(3,4)7-9(2)12/h5-6H,7H2,1-4H3. The number of ketones is 1. The molecule has 1 heterocycles. The summed E-state index contributed by atoms with van der Waals surface area (Å²) in [7, 11) is 0. The third-order valence-corrected chi connectivity index (χ3v) is 2.17. The van der Waals surface area contributed by atoms with E-state index < -0.39 is 0 Å². The molecule has 0 amide bonds. The normalized spacial score (nSPS) is 11.7. The molecule has 0 N–H and O–H groups in total. The zero-order valence-electron chi connectivity index (χ0n) is 8.68. The lowest BCUT2D eigenvalue weighted by Crippen LogP contribution is -2.20. The van der Waals surface area contributed by atoms with E-state index in [1.807, 2.05) is 26.8 Å². The van der Waals surface area contributed by atoms with Crippen molar-refractivity contribution in [3.05, 3.63) is 23.7 Å². The fourth-order valence-electron chi connectivity index (χ4n) is 1.77. The van der Waals surface area contributed by atoms with E-state index in [-0.39, 0.29) is 11.2 Å². The number of hydrogen-bond donors (Lipinski definition) is 0. The Hall–Kier alpha value is -1.05. The van der Waals surface area contributed by atoms with Crippen LogP contribution in [0.2, 0.25) is 0 Å². The number of carbonyl (C=O) groups is 1. The van der Waals surface area contributed by atoms with Gasteiger partial charge in [-0.25, -0.2) is 0 Å². The number of rotatable bonds is 3. The highest BCUT2D eigenvalue weighted by molar-refractivity contribution is 5.77. The van der Waals surface area contributed by atoms with E-state index in [0.717, 1.165) is 11.3 Å². The van der Waals surface area contributed by atoms with Gasteiger partial charge < -0.3 is 4.42 Å². The van der Waals surface area contributed by atoms with E-state index >= 15 is 0 Å². The van der Waals surface area contributed by atoms with Gasteiger partial charge in [-0.3, -0.25) is 4.79 Å². The summed E-state index contributed by atoms with van der Waals surface area (Å²) in [5, 5.41) is 0. The second kappa shape index (κ2) is 3.36. The van der Waals surface area contributed by atoms with Gasteiger partial charge in [0.1, 0.15) is 11.5 Å². The van der Waals surface area contributed by atoms with Crippen LogP contribution in [0.15, 0.2) is 16.7 Å². The molecule has 72 valence electrons. The monoisotopic (exact) mass is 180 g/mol. The molecule has 0 aliphatic heterocycles. The smallest absolute Gasteiger partial charge is 0.130 e. The number of hydrogen-bond acceptors (Lipinski definition) is 2. The van der Waals surface area contributed by atoms with Crippen molar-refractivity contribution in [1.82, 2.24) is 0 Å². The maximum Gasteiger partial charge on any atom is 0.130 e. The molecule has 1 aromatic rings. The Balaban J connectivity index is 2.93. The first kappa shape index (κ1) is 10.0. The molecule has 0 aliphatic rings. The molecule has 0 saturated heterocycles. The minimum absolute atomic E-state index is 0.181. The first-order valence-corrected chi connectivity index (χ1v) is 4.47. The van der Waals surface area contributed by atoms with Crippen molar-refractivity contribution in [3.8, 4) is 0 Å². The third kappa shape index (κ3) is 2.20. The van der Waals surface area contributed by atoms with Crippen LogP contribution < -0.4 is 0 Å². The Morgan fingerprint density at radius 3 is 2.54 bits per heavy atom. The van der Waals surface area contributed by atoms with Crippen LogP contribution in [0, 0.1) is 6.92 Å². The number of furan rings is 1. The summed E-state index contributed by atoms with van der Waals surface area (Å²) in [5.41, 5.74) is 0.936. The topological polar surface area (TPSA) is 30.2 Å². The van der Waals surface area contributed by atoms with Gasteiger partial charge in [-0.2, -0.15) is 0 Å². The summed E-state index contributed by atoms with van der Waals surface area (Å²) in [6.45, 7) is 7.67. The van der Waals surface area contributed by atoms with Crippen LogP contribution in [0.5, 0.6) is 0 Å². The molecule has 0 atom stereocenters. The Bertz CT molecular complexity index is 308. The number of carbonyl (C=O) groups excluding carboxylic acids is 1. The Labute approximate surface area is 78.9 Å².